The van der Waals surface area contributed by atoms with Crippen molar-refractivity contribution in [2.45, 2.75) is 13.0 Å². The quantitative estimate of drug-likeness (QED) is 0.622. The molecular formula is C11H15N3O. The van der Waals surface area contributed by atoms with Crippen LogP contribution in [0.2, 0.25) is 0 Å². The largest absolute Gasteiger partial charge is 0.396 e. The molecule has 0 bridgehead atoms. The fourth-order valence-corrected chi connectivity index (χ4v) is 1.21. The molecule has 80 valence electrons. The lowest BCUT2D eigenvalue weighted by Crippen LogP contribution is -2.13. The second-order valence-corrected chi connectivity index (χ2v) is 3.10. The number of aliphatic hydroxyl groups excluding tert-OH is 1. The van der Waals surface area contributed by atoms with E-state index in [0.29, 0.717) is 13.0 Å². The summed E-state index contributed by atoms with van der Waals surface area (Å²) in [5.74, 6) is 0. The molecule has 0 aliphatic rings. The third-order valence-electron chi connectivity index (χ3n) is 1.96. The van der Waals surface area contributed by atoms with Gasteiger partial charge in [0.2, 0.25) is 0 Å². The van der Waals surface area contributed by atoms with Gasteiger partial charge in [-0.2, -0.15) is 5.11 Å². The van der Waals surface area contributed by atoms with Gasteiger partial charge in [0, 0.05) is 25.3 Å². The highest BCUT2D eigenvalue weighted by Crippen LogP contribution is 2.02. The Bertz CT molecular complexity index is 322. The highest BCUT2D eigenvalue weighted by atomic mass is 16.3. The first-order valence-electron chi connectivity index (χ1n) is 4.81. The van der Waals surface area contributed by atoms with Crippen molar-refractivity contribution in [3.05, 3.63) is 47.8 Å². The summed E-state index contributed by atoms with van der Waals surface area (Å²) >= 11 is 0. The minimum atomic E-state index is 0.0587. The van der Waals surface area contributed by atoms with E-state index in [4.69, 9.17) is 10.6 Å². The van der Waals surface area contributed by atoms with Gasteiger partial charge in [-0.3, -0.25) is 0 Å². The molecule has 0 aliphatic carbocycles. The minimum absolute atomic E-state index is 0.0587. The number of nitrogens with zero attached hydrogens (tertiary/aromatic N) is 1. The van der Waals surface area contributed by atoms with Gasteiger partial charge in [-0.25, -0.2) is 5.53 Å². The van der Waals surface area contributed by atoms with E-state index in [1.807, 2.05) is 30.3 Å². The van der Waals surface area contributed by atoms with Crippen LogP contribution in [0.25, 0.3) is 0 Å². The zero-order valence-electron chi connectivity index (χ0n) is 8.48. The summed E-state index contributed by atoms with van der Waals surface area (Å²) in [7, 11) is 0. The first kappa shape index (κ1) is 11.4. The van der Waals surface area contributed by atoms with E-state index in [0.717, 1.165) is 11.3 Å². The van der Waals surface area contributed by atoms with E-state index >= 15 is 0 Å². The molecule has 0 spiro atoms. The summed E-state index contributed by atoms with van der Waals surface area (Å²) < 4.78 is 0. The summed E-state index contributed by atoms with van der Waals surface area (Å²) in [5.41, 5.74) is 8.65. The number of hydrogen-bond acceptors (Lipinski definition) is 4. The normalized spacial score (nSPS) is 11.1. The molecule has 0 aliphatic heterocycles. The van der Waals surface area contributed by atoms with E-state index in [1.165, 1.54) is 6.20 Å². The van der Waals surface area contributed by atoms with Crippen LogP contribution in [0.4, 0.5) is 0 Å². The smallest absolute Gasteiger partial charge is 0.0679 e. The molecule has 0 fully saturated rings. The van der Waals surface area contributed by atoms with Crippen molar-refractivity contribution >= 4 is 0 Å². The van der Waals surface area contributed by atoms with Crippen LogP contribution in [0, 0.1) is 5.53 Å². The third-order valence-corrected chi connectivity index (χ3v) is 1.96. The van der Waals surface area contributed by atoms with Crippen LogP contribution in [0.3, 0.4) is 0 Å². The molecule has 0 amide bonds. The Morgan fingerprint density at radius 3 is 2.73 bits per heavy atom. The number of hydrogen-bond donors (Lipinski definition) is 3. The molecule has 0 radical (unpaired) electrons. The van der Waals surface area contributed by atoms with Gasteiger partial charge in [0.15, 0.2) is 0 Å². The molecule has 0 unspecified atom stereocenters. The van der Waals surface area contributed by atoms with Crippen molar-refractivity contribution < 1.29 is 5.11 Å². The predicted molar refractivity (Wildman–Crippen MR) is 58.2 cm³/mol. The number of aliphatic hydroxyl groups is 1. The summed E-state index contributed by atoms with van der Waals surface area (Å²) in [5, 5.41) is 15.1. The lowest BCUT2D eigenvalue weighted by molar-refractivity contribution is 0.296. The molecule has 0 heterocycles. The molecule has 1 aromatic carbocycles. The first-order chi connectivity index (χ1) is 7.36. The topological polar surface area (TPSA) is 68.5 Å². The van der Waals surface area contributed by atoms with E-state index in [2.05, 4.69) is 10.4 Å². The second kappa shape index (κ2) is 6.73. The highest BCUT2D eigenvalue weighted by Gasteiger charge is 1.96. The molecular weight excluding hydrogens is 190 g/mol. The fraction of sp³-hybridized carbons (Fsp3) is 0.273. The Balaban J connectivity index is 2.47. The number of benzene rings is 1. The lowest BCUT2D eigenvalue weighted by atomic mass is 10.2. The average Bonchev–Trinajstić information content (AvgIpc) is 2.28. The maximum Gasteiger partial charge on any atom is 0.0679 e. The second-order valence-electron chi connectivity index (χ2n) is 3.10. The Morgan fingerprint density at radius 1 is 1.40 bits per heavy atom. The van der Waals surface area contributed by atoms with Crippen molar-refractivity contribution in [1.82, 2.24) is 5.32 Å². The molecule has 4 heteroatoms. The zero-order valence-corrected chi connectivity index (χ0v) is 8.48. The Hall–Kier alpha value is -1.68. The van der Waals surface area contributed by atoms with Gasteiger partial charge in [0.1, 0.15) is 0 Å². The van der Waals surface area contributed by atoms with Crippen molar-refractivity contribution in [1.29, 1.82) is 5.53 Å². The monoisotopic (exact) mass is 205 g/mol. The molecule has 0 saturated heterocycles. The van der Waals surface area contributed by atoms with Crippen LogP contribution < -0.4 is 5.32 Å². The standard InChI is InChI=1S/C11H15N3O/c12-14-9-11(6-7-15)13-8-10-4-2-1-3-5-10/h1-5,9,12-13,15H,6-8H2/b11-9-,14-12?. The Morgan fingerprint density at radius 2 is 2.13 bits per heavy atom. The van der Waals surface area contributed by atoms with E-state index in [1.54, 1.807) is 0 Å². The first-order valence-corrected chi connectivity index (χ1v) is 4.81. The lowest BCUT2D eigenvalue weighted by Gasteiger charge is -2.08. The third kappa shape index (κ3) is 4.37. The summed E-state index contributed by atoms with van der Waals surface area (Å²) in [6.07, 6.45) is 1.91. The molecule has 1 aromatic rings. The molecule has 0 atom stereocenters. The van der Waals surface area contributed by atoms with Gasteiger partial charge in [-0.1, -0.05) is 30.3 Å². The highest BCUT2D eigenvalue weighted by molar-refractivity contribution is 5.15. The summed E-state index contributed by atoms with van der Waals surface area (Å²) in [6, 6.07) is 9.94. The molecule has 0 saturated carbocycles. The summed E-state index contributed by atoms with van der Waals surface area (Å²) in [6.45, 7) is 0.741. The minimum Gasteiger partial charge on any atom is -0.396 e. The van der Waals surface area contributed by atoms with Crippen LogP contribution in [0.15, 0.2) is 47.3 Å². The number of rotatable bonds is 6. The van der Waals surface area contributed by atoms with Gasteiger partial charge in [0.05, 0.1) is 6.20 Å². The maximum atomic E-state index is 8.78. The molecule has 4 nitrogen and oxygen atoms in total. The fourth-order valence-electron chi connectivity index (χ4n) is 1.21. The van der Waals surface area contributed by atoms with Gasteiger partial charge < -0.3 is 10.4 Å². The molecule has 3 N–H and O–H groups in total. The molecule has 1 rings (SSSR count). The SMILES string of the molecule is N=N/C=C(/CCO)NCc1ccccc1. The van der Waals surface area contributed by atoms with Crippen LogP contribution >= 0.6 is 0 Å². The van der Waals surface area contributed by atoms with Gasteiger partial charge >= 0.3 is 0 Å². The van der Waals surface area contributed by atoms with E-state index in [9.17, 15) is 0 Å². The molecule has 0 aromatic heterocycles. The van der Waals surface area contributed by atoms with Crippen LogP contribution in [0.5, 0.6) is 0 Å². The van der Waals surface area contributed by atoms with Gasteiger partial charge in [-0.05, 0) is 5.56 Å². The maximum absolute atomic E-state index is 8.78. The summed E-state index contributed by atoms with van der Waals surface area (Å²) in [4.78, 5) is 0. The zero-order chi connectivity index (χ0) is 10.9. The van der Waals surface area contributed by atoms with Crippen LogP contribution in [-0.2, 0) is 6.54 Å². The predicted octanol–water partition coefficient (Wildman–Crippen LogP) is 2.03. The van der Waals surface area contributed by atoms with E-state index in [-0.39, 0.29) is 6.61 Å². The Kier molecular flexibility index (Phi) is 5.11. The van der Waals surface area contributed by atoms with Crippen LogP contribution in [-0.4, -0.2) is 11.7 Å². The Labute approximate surface area is 89.1 Å². The molecule has 15 heavy (non-hydrogen) atoms. The van der Waals surface area contributed by atoms with Crippen LogP contribution in [0.1, 0.15) is 12.0 Å². The van der Waals surface area contributed by atoms with E-state index < -0.39 is 0 Å². The van der Waals surface area contributed by atoms with Crippen molar-refractivity contribution in [3.63, 3.8) is 0 Å². The van der Waals surface area contributed by atoms with Gasteiger partial charge in [-0.15, -0.1) is 0 Å². The van der Waals surface area contributed by atoms with Crippen molar-refractivity contribution in [2.75, 3.05) is 6.61 Å². The van der Waals surface area contributed by atoms with Gasteiger partial charge in [0.25, 0.3) is 0 Å². The van der Waals surface area contributed by atoms with Crippen molar-refractivity contribution in [2.24, 2.45) is 5.11 Å². The van der Waals surface area contributed by atoms with Crippen molar-refractivity contribution in [3.8, 4) is 0 Å². The number of nitrogens with one attached hydrogen (secondary N) is 2. The average molecular weight is 205 g/mol.